The summed E-state index contributed by atoms with van der Waals surface area (Å²) < 4.78 is 5.84. The van der Waals surface area contributed by atoms with E-state index in [1.54, 1.807) is 12.6 Å². The summed E-state index contributed by atoms with van der Waals surface area (Å²) in [7, 11) is 1.65. The Bertz CT molecular complexity index is 602. The molecule has 4 aliphatic carbocycles. The largest absolute Gasteiger partial charge is 0.393 e. The molecule has 0 heterocycles. The van der Waals surface area contributed by atoms with Crippen molar-refractivity contribution in [3.8, 4) is 0 Å². The number of rotatable bonds is 3. The number of ether oxygens (including phenoxy) is 1. The van der Waals surface area contributed by atoms with E-state index < -0.39 is 0 Å². The second-order valence-electron chi connectivity index (χ2n) is 9.72. The molecule has 0 radical (unpaired) electrons. The quantitative estimate of drug-likeness (QED) is 0.757. The van der Waals surface area contributed by atoms with Crippen molar-refractivity contribution >= 4 is 5.91 Å². The molecule has 26 heavy (non-hydrogen) atoms. The highest BCUT2D eigenvalue weighted by Gasteiger charge is 2.58. The minimum Gasteiger partial charge on any atom is -0.393 e. The zero-order valence-corrected chi connectivity index (χ0v) is 16.6. The zero-order chi connectivity index (χ0) is 18.5. The number of carbonyl (C=O) groups excluding carboxylic acids is 1. The first kappa shape index (κ1) is 18.5. The maximum Gasteiger partial charge on any atom is 0.245 e. The van der Waals surface area contributed by atoms with Crippen LogP contribution in [-0.2, 0) is 9.53 Å². The molecule has 0 aromatic rings. The average molecular weight is 362 g/mol. The zero-order valence-electron chi connectivity index (χ0n) is 16.6. The third-order valence-corrected chi connectivity index (χ3v) is 8.73. The molecule has 0 aromatic carbocycles. The van der Waals surface area contributed by atoms with Crippen LogP contribution in [0.15, 0.2) is 11.6 Å². The SMILES string of the molecule is CNC(=O)CO[C@H]1C=C2CCC3C(CCC4(C)C(O)CCC34)C2(C)CC1. The Morgan fingerprint density at radius 2 is 2.00 bits per heavy atom. The lowest BCUT2D eigenvalue weighted by Gasteiger charge is -2.58. The lowest BCUT2D eigenvalue weighted by molar-refractivity contribution is -0.127. The van der Waals surface area contributed by atoms with E-state index in [1.165, 1.54) is 38.5 Å². The molecule has 0 bridgehead atoms. The van der Waals surface area contributed by atoms with Gasteiger partial charge in [-0.2, -0.15) is 0 Å². The van der Waals surface area contributed by atoms with Gasteiger partial charge in [-0.1, -0.05) is 25.5 Å². The van der Waals surface area contributed by atoms with Crippen molar-refractivity contribution in [3.05, 3.63) is 11.6 Å². The van der Waals surface area contributed by atoms with E-state index in [0.717, 1.165) is 24.7 Å². The van der Waals surface area contributed by atoms with Crippen molar-refractivity contribution in [2.45, 2.75) is 77.4 Å². The molecule has 1 amide bonds. The predicted octanol–water partition coefficient (Wildman–Crippen LogP) is 3.44. The lowest BCUT2D eigenvalue weighted by atomic mass is 9.47. The summed E-state index contributed by atoms with van der Waals surface area (Å²) in [5, 5.41) is 13.2. The molecular formula is C22H35NO3. The number of allylic oxidation sites excluding steroid dienone is 1. The Kier molecular flexibility index (Phi) is 4.71. The molecule has 4 nitrogen and oxygen atoms in total. The van der Waals surface area contributed by atoms with Gasteiger partial charge in [-0.05, 0) is 80.0 Å². The van der Waals surface area contributed by atoms with Gasteiger partial charge in [-0.25, -0.2) is 0 Å². The van der Waals surface area contributed by atoms with E-state index >= 15 is 0 Å². The highest BCUT2D eigenvalue weighted by molar-refractivity contribution is 5.76. The van der Waals surface area contributed by atoms with E-state index in [2.05, 4.69) is 25.2 Å². The Morgan fingerprint density at radius 1 is 1.19 bits per heavy atom. The normalized spacial score (nSPS) is 47.4. The summed E-state index contributed by atoms with van der Waals surface area (Å²) in [6.45, 7) is 4.99. The molecular weight excluding hydrogens is 326 g/mol. The van der Waals surface area contributed by atoms with Crippen LogP contribution in [0.3, 0.4) is 0 Å². The fourth-order valence-electron chi connectivity index (χ4n) is 7.06. The number of nitrogens with one attached hydrogen (secondary N) is 1. The van der Waals surface area contributed by atoms with Gasteiger partial charge in [0.25, 0.3) is 0 Å². The van der Waals surface area contributed by atoms with E-state index in [9.17, 15) is 9.90 Å². The maximum atomic E-state index is 11.5. The minimum absolute atomic E-state index is 0.0493. The number of hydrogen-bond acceptors (Lipinski definition) is 3. The van der Waals surface area contributed by atoms with Crippen LogP contribution in [0.4, 0.5) is 0 Å². The van der Waals surface area contributed by atoms with Crippen LogP contribution in [-0.4, -0.2) is 36.9 Å². The van der Waals surface area contributed by atoms with Crippen LogP contribution in [0.2, 0.25) is 0 Å². The lowest BCUT2D eigenvalue weighted by Crippen LogP contribution is -2.51. The summed E-state index contributed by atoms with van der Waals surface area (Å²) in [6, 6.07) is 0. The number of amides is 1. The van der Waals surface area contributed by atoms with E-state index in [0.29, 0.717) is 11.3 Å². The van der Waals surface area contributed by atoms with Crippen molar-refractivity contribution in [3.63, 3.8) is 0 Å². The number of likely N-dealkylation sites (N-methyl/N-ethyl adjacent to an activating group) is 1. The smallest absolute Gasteiger partial charge is 0.245 e. The molecule has 6 unspecified atom stereocenters. The van der Waals surface area contributed by atoms with Crippen molar-refractivity contribution in [2.75, 3.05) is 13.7 Å². The second kappa shape index (κ2) is 6.63. The maximum absolute atomic E-state index is 11.5. The summed E-state index contributed by atoms with van der Waals surface area (Å²) >= 11 is 0. The van der Waals surface area contributed by atoms with Gasteiger partial charge >= 0.3 is 0 Å². The molecule has 146 valence electrons. The first-order valence-electron chi connectivity index (χ1n) is 10.6. The van der Waals surface area contributed by atoms with Crippen LogP contribution >= 0.6 is 0 Å². The minimum atomic E-state index is -0.0907. The summed E-state index contributed by atoms with van der Waals surface area (Å²) in [4.78, 5) is 11.5. The summed E-state index contributed by atoms with van der Waals surface area (Å²) in [6.07, 6.45) is 11.6. The van der Waals surface area contributed by atoms with Gasteiger partial charge in [0.15, 0.2) is 0 Å². The Balaban J connectivity index is 1.51. The van der Waals surface area contributed by atoms with Gasteiger partial charge in [0.05, 0.1) is 12.2 Å². The fraction of sp³-hybridized carbons (Fsp3) is 0.864. The van der Waals surface area contributed by atoms with Crippen LogP contribution in [0.1, 0.15) is 65.2 Å². The molecule has 0 spiro atoms. The molecule has 3 fully saturated rings. The third kappa shape index (κ3) is 2.75. The third-order valence-electron chi connectivity index (χ3n) is 8.73. The van der Waals surface area contributed by atoms with Crippen molar-refractivity contribution < 1.29 is 14.6 Å². The van der Waals surface area contributed by atoms with Gasteiger partial charge < -0.3 is 15.2 Å². The molecule has 4 heteroatoms. The van der Waals surface area contributed by atoms with E-state index in [4.69, 9.17) is 4.74 Å². The molecule has 7 atom stereocenters. The monoisotopic (exact) mass is 361 g/mol. The highest BCUT2D eigenvalue weighted by Crippen LogP contribution is 2.65. The van der Waals surface area contributed by atoms with Crippen molar-refractivity contribution in [2.24, 2.45) is 28.6 Å². The number of hydrogen-bond donors (Lipinski definition) is 2. The van der Waals surface area contributed by atoms with Gasteiger partial charge in [0.1, 0.15) is 6.61 Å². The Morgan fingerprint density at radius 3 is 2.77 bits per heavy atom. The van der Waals surface area contributed by atoms with Gasteiger partial charge in [0, 0.05) is 7.05 Å². The fourth-order valence-corrected chi connectivity index (χ4v) is 7.06. The predicted molar refractivity (Wildman–Crippen MR) is 102 cm³/mol. The van der Waals surface area contributed by atoms with Crippen LogP contribution in [0.25, 0.3) is 0 Å². The molecule has 0 saturated heterocycles. The van der Waals surface area contributed by atoms with E-state index in [-0.39, 0.29) is 30.1 Å². The number of aliphatic hydroxyl groups is 1. The standard InChI is InChI=1S/C22H35NO3/c1-21-10-8-15(26-13-20(25)23-3)12-14(21)4-5-16-17-6-7-19(24)22(17,2)11-9-18(16)21/h12,15-19,24H,4-11,13H2,1-3H3,(H,23,25)/t15-,16?,17?,18?,19?,21?,22?/m1/s1. The number of carbonyl (C=O) groups is 1. The topological polar surface area (TPSA) is 58.6 Å². The Labute approximate surface area is 157 Å². The molecule has 0 aromatic heterocycles. The van der Waals surface area contributed by atoms with Crippen LogP contribution in [0.5, 0.6) is 0 Å². The molecule has 2 N–H and O–H groups in total. The first-order valence-corrected chi connectivity index (χ1v) is 10.6. The van der Waals surface area contributed by atoms with Gasteiger partial charge in [0.2, 0.25) is 5.91 Å². The summed E-state index contributed by atoms with van der Waals surface area (Å²) in [5.41, 5.74) is 2.03. The highest BCUT2D eigenvalue weighted by atomic mass is 16.5. The van der Waals surface area contributed by atoms with Crippen LogP contribution < -0.4 is 5.32 Å². The second-order valence-corrected chi connectivity index (χ2v) is 9.72. The van der Waals surface area contributed by atoms with Gasteiger partial charge in [-0.15, -0.1) is 0 Å². The first-order chi connectivity index (χ1) is 12.4. The van der Waals surface area contributed by atoms with Crippen LogP contribution in [0, 0.1) is 28.6 Å². The van der Waals surface area contributed by atoms with Crippen molar-refractivity contribution in [1.29, 1.82) is 0 Å². The molecule has 4 aliphatic rings. The number of fused-ring (bicyclic) bond motifs is 5. The molecule has 3 saturated carbocycles. The van der Waals surface area contributed by atoms with Crippen molar-refractivity contribution in [1.82, 2.24) is 5.32 Å². The Hall–Kier alpha value is -0.870. The number of aliphatic hydroxyl groups excluding tert-OH is 1. The molecule has 4 rings (SSSR count). The van der Waals surface area contributed by atoms with E-state index in [1.807, 2.05) is 0 Å². The molecule has 0 aliphatic heterocycles. The summed E-state index contributed by atoms with van der Waals surface area (Å²) in [5.74, 6) is 2.19. The average Bonchev–Trinajstić information content (AvgIpc) is 2.94. The van der Waals surface area contributed by atoms with Gasteiger partial charge in [-0.3, -0.25) is 4.79 Å².